The number of ether oxygens (including phenoxy) is 1. The van der Waals surface area contributed by atoms with E-state index >= 15 is 0 Å². The molecule has 1 fully saturated rings. The van der Waals surface area contributed by atoms with Crippen LogP contribution in [0.4, 0.5) is 0 Å². The van der Waals surface area contributed by atoms with Crippen LogP contribution in [0, 0.1) is 0 Å². The van der Waals surface area contributed by atoms with Crippen LogP contribution in [0.1, 0.15) is 18.5 Å². The second-order valence-electron chi connectivity index (χ2n) is 5.76. The van der Waals surface area contributed by atoms with Gasteiger partial charge in [-0.05, 0) is 25.0 Å². The second kappa shape index (κ2) is 6.56. The van der Waals surface area contributed by atoms with Crippen LogP contribution in [0.3, 0.4) is 0 Å². The molecule has 0 bridgehead atoms. The standard InChI is InChI=1S/C16H22N4O2/c1-22-14-5-7-19(13(9-14)10-17)11-12-8-16(21)20-6-3-2-4-15(20)18-12/h2-4,6,8,13-14H,5,7,9-11,17H2,1H3. The van der Waals surface area contributed by atoms with Gasteiger partial charge in [-0.15, -0.1) is 0 Å². The first kappa shape index (κ1) is 15.1. The molecule has 6 nitrogen and oxygen atoms in total. The summed E-state index contributed by atoms with van der Waals surface area (Å²) in [6.07, 6.45) is 3.93. The molecule has 0 aromatic carbocycles. The van der Waals surface area contributed by atoms with Crippen LogP contribution in [0.2, 0.25) is 0 Å². The van der Waals surface area contributed by atoms with Crippen LogP contribution in [0.15, 0.2) is 35.3 Å². The van der Waals surface area contributed by atoms with Gasteiger partial charge >= 0.3 is 0 Å². The van der Waals surface area contributed by atoms with Crippen LogP contribution in [-0.4, -0.2) is 46.6 Å². The average Bonchev–Trinajstić information content (AvgIpc) is 2.55. The minimum Gasteiger partial charge on any atom is -0.381 e. The van der Waals surface area contributed by atoms with E-state index in [1.165, 1.54) is 0 Å². The highest BCUT2D eigenvalue weighted by molar-refractivity contribution is 5.37. The average molecular weight is 302 g/mol. The zero-order valence-electron chi connectivity index (χ0n) is 12.8. The molecule has 2 aromatic heterocycles. The molecule has 0 amide bonds. The normalized spacial score (nSPS) is 23.0. The van der Waals surface area contributed by atoms with Crippen molar-refractivity contribution in [2.24, 2.45) is 5.73 Å². The molecular formula is C16H22N4O2. The molecule has 2 unspecified atom stereocenters. The van der Waals surface area contributed by atoms with Gasteiger partial charge in [0.05, 0.1) is 11.8 Å². The Bertz CT molecular complexity index is 700. The Balaban J connectivity index is 1.82. The van der Waals surface area contributed by atoms with Gasteiger partial charge in [0, 0.05) is 45.0 Å². The maximum Gasteiger partial charge on any atom is 0.258 e. The van der Waals surface area contributed by atoms with Gasteiger partial charge in [-0.2, -0.15) is 0 Å². The van der Waals surface area contributed by atoms with E-state index in [1.54, 1.807) is 23.8 Å². The molecule has 6 heteroatoms. The van der Waals surface area contributed by atoms with E-state index in [0.29, 0.717) is 18.7 Å². The number of pyridine rings is 1. The third-order valence-corrected chi connectivity index (χ3v) is 4.38. The van der Waals surface area contributed by atoms with Gasteiger partial charge in [0.25, 0.3) is 5.56 Å². The quantitative estimate of drug-likeness (QED) is 0.897. The predicted molar refractivity (Wildman–Crippen MR) is 84.7 cm³/mol. The van der Waals surface area contributed by atoms with Crippen molar-refractivity contribution in [3.63, 3.8) is 0 Å². The summed E-state index contributed by atoms with van der Waals surface area (Å²) in [5, 5.41) is 0. The van der Waals surface area contributed by atoms with Crippen molar-refractivity contribution in [2.45, 2.75) is 31.5 Å². The lowest BCUT2D eigenvalue weighted by Crippen LogP contribution is -2.48. The molecule has 118 valence electrons. The summed E-state index contributed by atoms with van der Waals surface area (Å²) in [6, 6.07) is 7.45. The van der Waals surface area contributed by atoms with Gasteiger partial charge in [0.1, 0.15) is 5.65 Å². The van der Waals surface area contributed by atoms with Crippen molar-refractivity contribution < 1.29 is 4.74 Å². The molecule has 0 radical (unpaired) electrons. The monoisotopic (exact) mass is 302 g/mol. The van der Waals surface area contributed by atoms with Crippen molar-refractivity contribution >= 4 is 5.65 Å². The fourth-order valence-corrected chi connectivity index (χ4v) is 3.12. The summed E-state index contributed by atoms with van der Waals surface area (Å²) in [7, 11) is 1.75. The summed E-state index contributed by atoms with van der Waals surface area (Å²) in [6.45, 7) is 2.15. The molecule has 0 spiro atoms. The molecule has 3 heterocycles. The first-order valence-corrected chi connectivity index (χ1v) is 7.65. The van der Waals surface area contributed by atoms with Gasteiger partial charge in [-0.1, -0.05) is 6.07 Å². The third-order valence-electron chi connectivity index (χ3n) is 4.38. The van der Waals surface area contributed by atoms with E-state index in [2.05, 4.69) is 9.88 Å². The Morgan fingerprint density at radius 2 is 2.32 bits per heavy atom. The smallest absolute Gasteiger partial charge is 0.258 e. The number of nitrogens with two attached hydrogens (primary N) is 1. The van der Waals surface area contributed by atoms with Crippen molar-refractivity contribution in [2.75, 3.05) is 20.2 Å². The molecule has 1 aliphatic heterocycles. The van der Waals surface area contributed by atoms with Crippen molar-refractivity contribution in [3.05, 3.63) is 46.5 Å². The fraction of sp³-hybridized carbons (Fsp3) is 0.500. The lowest BCUT2D eigenvalue weighted by molar-refractivity contribution is 0.00978. The number of nitrogens with zero attached hydrogens (tertiary/aromatic N) is 3. The molecule has 0 saturated carbocycles. The van der Waals surface area contributed by atoms with Gasteiger partial charge in [0.2, 0.25) is 0 Å². The zero-order valence-corrected chi connectivity index (χ0v) is 12.8. The summed E-state index contributed by atoms with van der Waals surface area (Å²) >= 11 is 0. The Kier molecular flexibility index (Phi) is 4.52. The Morgan fingerprint density at radius 3 is 3.09 bits per heavy atom. The number of piperidine rings is 1. The predicted octanol–water partition coefficient (Wildman–Crippen LogP) is 0.633. The van der Waals surface area contributed by atoms with E-state index < -0.39 is 0 Å². The van der Waals surface area contributed by atoms with Crippen molar-refractivity contribution in [1.82, 2.24) is 14.3 Å². The molecule has 0 aliphatic carbocycles. The maximum absolute atomic E-state index is 12.2. The van der Waals surface area contributed by atoms with E-state index in [0.717, 1.165) is 25.1 Å². The van der Waals surface area contributed by atoms with Crippen molar-refractivity contribution in [3.8, 4) is 0 Å². The van der Waals surface area contributed by atoms with E-state index in [4.69, 9.17) is 10.5 Å². The number of hydrogen-bond acceptors (Lipinski definition) is 5. The van der Waals surface area contributed by atoms with E-state index in [-0.39, 0.29) is 17.7 Å². The maximum atomic E-state index is 12.2. The van der Waals surface area contributed by atoms with Crippen LogP contribution in [0.5, 0.6) is 0 Å². The number of likely N-dealkylation sites (tertiary alicyclic amines) is 1. The number of methoxy groups -OCH3 is 1. The topological polar surface area (TPSA) is 72.9 Å². The molecule has 3 rings (SSSR count). The molecule has 2 aromatic rings. The second-order valence-corrected chi connectivity index (χ2v) is 5.76. The van der Waals surface area contributed by atoms with Crippen LogP contribution in [-0.2, 0) is 11.3 Å². The molecule has 2 N–H and O–H groups in total. The SMILES string of the molecule is COC1CCN(Cc2cc(=O)n3ccccc3n2)C(CN)C1. The van der Waals surface area contributed by atoms with Gasteiger partial charge < -0.3 is 10.5 Å². The van der Waals surface area contributed by atoms with E-state index in [9.17, 15) is 4.79 Å². The molecule has 22 heavy (non-hydrogen) atoms. The summed E-state index contributed by atoms with van der Waals surface area (Å²) in [5.41, 5.74) is 7.33. The molecule has 1 saturated heterocycles. The number of fused-ring (bicyclic) bond motifs is 1. The van der Waals surface area contributed by atoms with Gasteiger partial charge in [-0.3, -0.25) is 14.1 Å². The lowest BCUT2D eigenvalue weighted by Gasteiger charge is -2.38. The number of rotatable bonds is 4. The number of hydrogen-bond donors (Lipinski definition) is 1. The summed E-state index contributed by atoms with van der Waals surface area (Å²) in [4.78, 5) is 19.0. The summed E-state index contributed by atoms with van der Waals surface area (Å²) in [5.74, 6) is 0. The highest BCUT2D eigenvalue weighted by Crippen LogP contribution is 2.20. The Labute approximate surface area is 129 Å². The number of aromatic nitrogens is 2. The highest BCUT2D eigenvalue weighted by Gasteiger charge is 2.27. The first-order valence-electron chi connectivity index (χ1n) is 7.65. The van der Waals surface area contributed by atoms with Gasteiger partial charge in [0.15, 0.2) is 0 Å². The zero-order chi connectivity index (χ0) is 15.5. The summed E-state index contributed by atoms with van der Waals surface area (Å²) < 4.78 is 7.00. The van der Waals surface area contributed by atoms with Crippen LogP contribution in [0.25, 0.3) is 5.65 Å². The lowest BCUT2D eigenvalue weighted by atomic mass is 9.99. The molecule has 1 aliphatic rings. The fourth-order valence-electron chi connectivity index (χ4n) is 3.12. The largest absolute Gasteiger partial charge is 0.381 e. The minimum absolute atomic E-state index is 0.0447. The highest BCUT2D eigenvalue weighted by atomic mass is 16.5. The first-order chi connectivity index (χ1) is 10.7. The third kappa shape index (κ3) is 3.04. The Hall–Kier alpha value is -1.76. The Morgan fingerprint density at radius 1 is 1.45 bits per heavy atom. The van der Waals surface area contributed by atoms with E-state index in [1.807, 2.05) is 18.2 Å². The molecular weight excluding hydrogens is 280 g/mol. The molecule has 2 atom stereocenters. The van der Waals surface area contributed by atoms with Crippen LogP contribution < -0.4 is 11.3 Å². The van der Waals surface area contributed by atoms with Crippen LogP contribution >= 0.6 is 0 Å². The minimum atomic E-state index is -0.0447. The van der Waals surface area contributed by atoms with Gasteiger partial charge in [-0.25, -0.2) is 4.98 Å². The van der Waals surface area contributed by atoms with Crippen molar-refractivity contribution in [1.29, 1.82) is 0 Å².